The first-order valence-electron chi connectivity index (χ1n) is 5.40. The Balaban J connectivity index is 2.28. The van der Waals surface area contributed by atoms with E-state index in [1.165, 1.54) is 24.3 Å². The number of ether oxygens (including phenoxy) is 1. The van der Waals surface area contributed by atoms with E-state index in [1.54, 1.807) is 0 Å². The lowest BCUT2D eigenvalue weighted by Crippen LogP contribution is -2.09. The molecule has 2 aromatic rings. The van der Waals surface area contributed by atoms with E-state index in [0.29, 0.717) is 5.69 Å². The Bertz CT molecular complexity index is 613. The van der Waals surface area contributed by atoms with Crippen molar-refractivity contribution in [3.8, 4) is 5.75 Å². The Labute approximate surface area is 110 Å². The topological polar surface area (TPSA) is 35.2 Å². The second-order valence-electron chi connectivity index (χ2n) is 3.91. The zero-order chi connectivity index (χ0) is 14.9. The summed E-state index contributed by atoms with van der Waals surface area (Å²) in [7, 11) is 0. The van der Waals surface area contributed by atoms with Gasteiger partial charge in [-0.15, -0.1) is 0 Å². The maximum absolute atomic E-state index is 13.3. The van der Waals surface area contributed by atoms with Gasteiger partial charge in [0.15, 0.2) is 23.3 Å². The first-order valence-corrected chi connectivity index (χ1v) is 5.40. The monoisotopic (exact) mass is 289 g/mol. The van der Waals surface area contributed by atoms with E-state index < -0.39 is 41.3 Å². The quantitative estimate of drug-likeness (QED) is 0.406. The normalized spacial score (nSPS) is 10.7. The fourth-order valence-electron chi connectivity index (χ4n) is 1.50. The summed E-state index contributed by atoms with van der Waals surface area (Å²) in [5, 5.41) is 0. The highest BCUT2D eigenvalue weighted by molar-refractivity contribution is 5.41. The molecule has 106 valence electrons. The van der Waals surface area contributed by atoms with Crippen LogP contribution >= 0.6 is 0 Å². The minimum Gasteiger partial charge on any atom is -0.489 e. The van der Waals surface area contributed by atoms with Crippen LogP contribution in [0.5, 0.6) is 5.75 Å². The van der Waals surface area contributed by atoms with Crippen LogP contribution in [-0.2, 0) is 6.61 Å². The van der Waals surface area contributed by atoms with Crippen LogP contribution in [0.15, 0.2) is 24.3 Å². The molecule has 0 bridgehead atoms. The lowest BCUT2D eigenvalue weighted by atomic mass is 10.2. The molecule has 7 heteroatoms. The summed E-state index contributed by atoms with van der Waals surface area (Å²) in [4.78, 5) is 0. The molecule has 0 aliphatic rings. The standard InChI is InChI=1S/C13H8F5NO/c14-9-8(10(15)12(17)13(18)11(9)16)5-20-7-3-1-6(19)2-4-7/h1-4H,5,19H2. The van der Waals surface area contributed by atoms with Gasteiger partial charge in [-0.25, -0.2) is 22.0 Å². The molecule has 0 fully saturated rings. The van der Waals surface area contributed by atoms with Crippen molar-refractivity contribution >= 4 is 5.69 Å². The molecule has 2 rings (SSSR count). The SMILES string of the molecule is Nc1ccc(OCc2c(F)c(F)c(F)c(F)c2F)cc1. The first-order chi connectivity index (χ1) is 9.41. The Morgan fingerprint density at radius 3 is 1.70 bits per heavy atom. The second-order valence-corrected chi connectivity index (χ2v) is 3.91. The third kappa shape index (κ3) is 2.52. The number of nitrogen functional groups attached to an aromatic ring is 1. The van der Waals surface area contributed by atoms with E-state index in [9.17, 15) is 22.0 Å². The zero-order valence-corrected chi connectivity index (χ0v) is 9.89. The van der Waals surface area contributed by atoms with Gasteiger partial charge in [0.2, 0.25) is 5.82 Å². The van der Waals surface area contributed by atoms with Gasteiger partial charge in [-0.05, 0) is 24.3 Å². The van der Waals surface area contributed by atoms with Gasteiger partial charge < -0.3 is 10.5 Å². The minimum absolute atomic E-state index is 0.183. The number of halogens is 5. The molecular formula is C13H8F5NO. The van der Waals surface area contributed by atoms with E-state index in [4.69, 9.17) is 10.5 Å². The van der Waals surface area contributed by atoms with Crippen molar-refractivity contribution in [1.82, 2.24) is 0 Å². The average Bonchev–Trinajstić information content (AvgIpc) is 2.45. The third-order valence-corrected chi connectivity index (χ3v) is 2.56. The number of benzene rings is 2. The van der Waals surface area contributed by atoms with Gasteiger partial charge >= 0.3 is 0 Å². The van der Waals surface area contributed by atoms with Crippen molar-refractivity contribution in [1.29, 1.82) is 0 Å². The minimum atomic E-state index is -2.20. The largest absolute Gasteiger partial charge is 0.489 e. The molecule has 0 aliphatic heterocycles. The van der Waals surface area contributed by atoms with Crippen LogP contribution in [0, 0.1) is 29.1 Å². The fraction of sp³-hybridized carbons (Fsp3) is 0.0769. The summed E-state index contributed by atoms with van der Waals surface area (Å²) in [5.74, 6) is -9.83. The summed E-state index contributed by atoms with van der Waals surface area (Å²) in [6.45, 7) is -0.796. The average molecular weight is 289 g/mol. The molecule has 2 nitrogen and oxygen atoms in total. The maximum Gasteiger partial charge on any atom is 0.200 e. The van der Waals surface area contributed by atoms with E-state index >= 15 is 0 Å². The molecule has 0 radical (unpaired) electrons. The van der Waals surface area contributed by atoms with Crippen LogP contribution in [0.4, 0.5) is 27.6 Å². The summed E-state index contributed by atoms with van der Waals surface area (Å²) < 4.78 is 70.4. The second kappa shape index (κ2) is 5.36. The van der Waals surface area contributed by atoms with Gasteiger partial charge in [0.1, 0.15) is 12.4 Å². The molecule has 0 aliphatic carbocycles. The molecule has 0 unspecified atom stereocenters. The van der Waals surface area contributed by atoms with Crippen molar-refractivity contribution < 1.29 is 26.7 Å². The van der Waals surface area contributed by atoms with Crippen LogP contribution < -0.4 is 10.5 Å². The van der Waals surface area contributed by atoms with Crippen molar-refractivity contribution in [2.24, 2.45) is 0 Å². The predicted molar refractivity (Wildman–Crippen MR) is 61.4 cm³/mol. The highest BCUT2D eigenvalue weighted by atomic mass is 19.2. The van der Waals surface area contributed by atoms with Gasteiger partial charge in [-0.3, -0.25) is 0 Å². The molecule has 0 saturated heterocycles. The van der Waals surface area contributed by atoms with Gasteiger partial charge in [-0.2, -0.15) is 0 Å². The van der Waals surface area contributed by atoms with Gasteiger partial charge in [-0.1, -0.05) is 0 Å². The number of hydrogen-bond donors (Lipinski definition) is 1. The van der Waals surface area contributed by atoms with Crippen LogP contribution in [-0.4, -0.2) is 0 Å². The predicted octanol–water partition coefficient (Wildman–Crippen LogP) is 3.54. The molecule has 0 amide bonds. The van der Waals surface area contributed by atoms with E-state index in [2.05, 4.69) is 0 Å². The van der Waals surface area contributed by atoms with E-state index in [1.807, 2.05) is 0 Å². The van der Waals surface area contributed by atoms with Crippen LogP contribution in [0.1, 0.15) is 5.56 Å². The highest BCUT2D eigenvalue weighted by Gasteiger charge is 2.25. The van der Waals surface area contributed by atoms with Crippen LogP contribution in [0.3, 0.4) is 0 Å². The number of anilines is 1. The smallest absolute Gasteiger partial charge is 0.200 e. The van der Waals surface area contributed by atoms with Gasteiger partial charge in [0, 0.05) is 5.69 Å². The molecule has 2 N–H and O–H groups in total. The molecule has 0 heterocycles. The summed E-state index contributed by atoms with van der Waals surface area (Å²) in [5.41, 5.74) is 4.83. The summed E-state index contributed by atoms with van der Waals surface area (Å²) in [6.07, 6.45) is 0. The van der Waals surface area contributed by atoms with Crippen molar-refractivity contribution in [2.75, 3.05) is 5.73 Å². The summed E-state index contributed by atoms with van der Waals surface area (Å²) in [6, 6.07) is 5.74. The number of rotatable bonds is 3. The molecule has 0 aromatic heterocycles. The molecular weight excluding hydrogens is 281 g/mol. The van der Waals surface area contributed by atoms with Crippen molar-refractivity contribution in [3.05, 3.63) is 58.9 Å². The third-order valence-electron chi connectivity index (χ3n) is 2.56. The lowest BCUT2D eigenvalue weighted by Gasteiger charge is -2.10. The molecule has 0 atom stereocenters. The molecule has 2 aromatic carbocycles. The van der Waals surface area contributed by atoms with Gasteiger partial charge in [0.25, 0.3) is 0 Å². The van der Waals surface area contributed by atoms with Crippen LogP contribution in [0.2, 0.25) is 0 Å². The molecule has 20 heavy (non-hydrogen) atoms. The van der Waals surface area contributed by atoms with Gasteiger partial charge in [0.05, 0.1) is 5.56 Å². The lowest BCUT2D eigenvalue weighted by molar-refractivity contribution is 0.279. The molecule has 0 spiro atoms. The van der Waals surface area contributed by atoms with Crippen LogP contribution in [0.25, 0.3) is 0 Å². The Kier molecular flexibility index (Phi) is 3.78. The van der Waals surface area contributed by atoms with E-state index in [0.717, 1.165) is 0 Å². The summed E-state index contributed by atoms with van der Waals surface area (Å²) >= 11 is 0. The Morgan fingerprint density at radius 1 is 0.750 bits per heavy atom. The van der Waals surface area contributed by atoms with E-state index in [-0.39, 0.29) is 5.75 Å². The number of hydrogen-bond acceptors (Lipinski definition) is 2. The maximum atomic E-state index is 13.3. The first kappa shape index (κ1) is 14.1. The molecule has 0 saturated carbocycles. The number of nitrogens with two attached hydrogens (primary N) is 1. The Hall–Kier alpha value is -2.31. The Morgan fingerprint density at radius 2 is 1.20 bits per heavy atom. The van der Waals surface area contributed by atoms with Crippen molar-refractivity contribution in [3.63, 3.8) is 0 Å². The highest BCUT2D eigenvalue weighted by Crippen LogP contribution is 2.24. The van der Waals surface area contributed by atoms with Crippen molar-refractivity contribution in [2.45, 2.75) is 6.61 Å². The fourth-order valence-corrected chi connectivity index (χ4v) is 1.50. The zero-order valence-electron chi connectivity index (χ0n) is 9.89.